The normalized spacial score (nSPS) is 12.4. The maximum Gasteiger partial charge on any atom is 0.119 e. The zero-order valence-electron chi connectivity index (χ0n) is 14.0. The SMILES string of the molecule is COc1ccc(/C=C/C(C)c2ccc(OC)cc2C)c(C)c1. The number of hydrogen-bond donors (Lipinski definition) is 0. The van der Waals surface area contributed by atoms with Crippen LogP contribution in [0, 0.1) is 13.8 Å². The number of allylic oxidation sites excluding steroid dienone is 1. The van der Waals surface area contributed by atoms with Gasteiger partial charge in [0.15, 0.2) is 0 Å². The fourth-order valence-electron chi connectivity index (χ4n) is 2.60. The lowest BCUT2D eigenvalue weighted by molar-refractivity contribution is 0.414. The van der Waals surface area contributed by atoms with Gasteiger partial charge in [-0.1, -0.05) is 31.2 Å². The minimum atomic E-state index is 0.354. The molecule has 1 unspecified atom stereocenters. The molecule has 0 aliphatic rings. The van der Waals surface area contributed by atoms with Gasteiger partial charge in [0, 0.05) is 0 Å². The highest BCUT2D eigenvalue weighted by Crippen LogP contribution is 2.26. The highest BCUT2D eigenvalue weighted by molar-refractivity contribution is 5.56. The third kappa shape index (κ3) is 3.70. The smallest absolute Gasteiger partial charge is 0.119 e. The first-order chi connectivity index (χ1) is 10.5. The molecule has 0 bridgehead atoms. The van der Waals surface area contributed by atoms with E-state index in [4.69, 9.17) is 9.47 Å². The Balaban J connectivity index is 2.19. The molecule has 0 aromatic heterocycles. The van der Waals surface area contributed by atoms with Crippen molar-refractivity contribution in [2.24, 2.45) is 0 Å². The van der Waals surface area contributed by atoms with Crippen molar-refractivity contribution in [1.82, 2.24) is 0 Å². The first kappa shape index (κ1) is 16.2. The van der Waals surface area contributed by atoms with Crippen LogP contribution in [-0.4, -0.2) is 14.2 Å². The first-order valence-electron chi connectivity index (χ1n) is 7.52. The van der Waals surface area contributed by atoms with Crippen molar-refractivity contribution >= 4 is 6.08 Å². The van der Waals surface area contributed by atoms with Crippen LogP contribution in [-0.2, 0) is 0 Å². The van der Waals surface area contributed by atoms with E-state index >= 15 is 0 Å². The molecule has 0 N–H and O–H groups in total. The average molecular weight is 296 g/mol. The standard InChI is InChI=1S/C20H24O2/c1-14(20-11-10-19(22-5)13-16(20)3)6-7-17-8-9-18(21-4)12-15(17)2/h6-14H,1-5H3/b7-6+. The van der Waals surface area contributed by atoms with Gasteiger partial charge in [0.05, 0.1) is 14.2 Å². The number of hydrogen-bond acceptors (Lipinski definition) is 2. The highest BCUT2D eigenvalue weighted by atomic mass is 16.5. The maximum atomic E-state index is 5.27. The van der Waals surface area contributed by atoms with Gasteiger partial charge in [-0.15, -0.1) is 0 Å². The van der Waals surface area contributed by atoms with Gasteiger partial charge in [-0.05, 0) is 66.3 Å². The van der Waals surface area contributed by atoms with Crippen molar-refractivity contribution in [2.45, 2.75) is 26.7 Å². The molecule has 0 amide bonds. The molecule has 0 spiro atoms. The van der Waals surface area contributed by atoms with Crippen molar-refractivity contribution in [1.29, 1.82) is 0 Å². The van der Waals surface area contributed by atoms with Gasteiger partial charge in [-0.3, -0.25) is 0 Å². The quantitative estimate of drug-likeness (QED) is 0.760. The lowest BCUT2D eigenvalue weighted by atomic mass is 9.95. The first-order valence-corrected chi connectivity index (χ1v) is 7.52. The topological polar surface area (TPSA) is 18.5 Å². The summed E-state index contributed by atoms with van der Waals surface area (Å²) in [6.45, 7) is 6.44. The molecule has 0 saturated heterocycles. The summed E-state index contributed by atoms with van der Waals surface area (Å²) >= 11 is 0. The molecule has 0 radical (unpaired) electrons. The van der Waals surface area contributed by atoms with Crippen LogP contribution in [0.2, 0.25) is 0 Å². The van der Waals surface area contributed by atoms with Gasteiger partial charge in [0.25, 0.3) is 0 Å². The van der Waals surface area contributed by atoms with E-state index in [-0.39, 0.29) is 0 Å². The molecule has 0 fully saturated rings. The van der Waals surface area contributed by atoms with Crippen LogP contribution in [0.3, 0.4) is 0 Å². The number of aryl methyl sites for hydroxylation is 2. The summed E-state index contributed by atoms with van der Waals surface area (Å²) in [5.74, 6) is 2.16. The highest BCUT2D eigenvalue weighted by Gasteiger charge is 2.06. The Morgan fingerprint density at radius 1 is 0.864 bits per heavy atom. The number of ether oxygens (including phenoxy) is 2. The molecule has 2 aromatic rings. The number of methoxy groups -OCH3 is 2. The molecular weight excluding hydrogens is 272 g/mol. The zero-order valence-corrected chi connectivity index (χ0v) is 14.0. The van der Waals surface area contributed by atoms with E-state index in [1.54, 1.807) is 14.2 Å². The molecule has 116 valence electrons. The Labute approximate surface area is 133 Å². The van der Waals surface area contributed by atoms with Gasteiger partial charge in [0.2, 0.25) is 0 Å². The Kier molecular flexibility index (Phi) is 5.26. The molecule has 22 heavy (non-hydrogen) atoms. The molecule has 0 saturated carbocycles. The van der Waals surface area contributed by atoms with E-state index in [1.165, 1.54) is 22.3 Å². The maximum absolute atomic E-state index is 5.27. The molecular formula is C20H24O2. The summed E-state index contributed by atoms with van der Waals surface area (Å²) in [5, 5.41) is 0. The van der Waals surface area contributed by atoms with Gasteiger partial charge in [0.1, 0.15) is 11.5 Å². The fourth-order valence-corrected chi connectivity index (χ4v) is 2.60. The Hall–Kier alpha value is -2.22. The largest absolute Gasteiger partial charge is 0.497 e. The number of rotatable bonds is 5. The van der Waals surface area contributed by atoms with E-state index in [9.17, 15) is 0 Å². The van der Waals surface area contributed by atoms with Crippen LogP contribution < -0.4 is 9.47 Å². The molecule has 0 heterocycles. The monoisotopic (exact) mass is 296 g/mol. The molecule has 0 aliphatic heterocycles. The second-order valence-corrected chi connectivity index (χ2v) is 5.59. The van der Waals surface area contributed by atoms with Crippen molar-refractivity contribution in [3.8, 4) is 11.5 Å². The zero-order chi connectivity index (χ0) is 16.1. The van der Waals surface area contributed by atoms with Crippen LogP contribution in [0.5, 0.6) is 11.5 Å². The van der Waals surface area contributed by atoms with Gasteiger partial charge in [-0.25, -0.2) is 0 Å². The molecule has 2 nitrogen and oxygen atoms in total. The third-order valence-electron chi connectivity index (χ3n) is 4.01. The average Bonchev–Trinajstić information content (AvgIpc) is 2.53. The Morgan fingerprint density at radius 2 is 1.45 bits per heavy atom. The molecule has 2 aromatic carbocycles. The minimum Gasteiger partial charge on any atom is -0.497 e. The molecule has 0 aliphatic carbocycles. The fraction of sp³-hybridized carbons (Fsp3) is 0.300. The summed E-state index contributed by atoms with van der Waals surface area (Å²) in [6, 6.07) is 12.4. The van der Waals surface area contributed by atoms with E-state index in [0.29, 0.717) is 5.92 Å². The summed E-state index contributed by atoms with van der Waals surface area (Å²) in [6.07, 6.45) is 4.42. The Morgan fingerprint density at radius 3 is 2.00 bits per heavy atom. The molecule has 2 heteroatoms. The van der Waals surface area contributed by atoms with Gasteiger partial charge < -0.3 is 9.47 Å². The van der Waals surface area contributed by atoms with E-state index < -0.39 is 0 Å². The van der Waals surface area contributed by atoms with E-state index in [0.717, 1.165) is 11.5 Å². The predicted octanol–water partition coefficient (Wildman–Crippen LogP) is 5.14. The summed E-state index contributed by atoms with van der Waals surface area (Å²) in [7, 11) is 3.39. The second kappa shape index (κ2) is 7.17. The van der Waals surface area contributed by atoms with Crippen LogP contribution in [0.1, 0.15) is 35.1 Å². The number of benzene rings is 2. The summed E-state index contributed by atoms with van der Waals surface area (Å²) in [5.41, 5.74) is 5.01. The van der Waals surface area contributed by atoms with Crippen molar-refractivity contribution in [3.63, 3.8) is 0 Å². The van der Waals surface area contributed by atoms with E-state index in [1.807, 2.05) is 12.1 Å². The Bertz CT molecular complexity index is 671. The van der Waals surface area contributed by atoms with Gasteiger partial charge >= 0.3 is 0 Å². The molecule has 2 rings (SSSR count). The van der Waals surface area contributed by atoms with Gasteiger partial charge in [-0.2, -0.15) is 0 Å². The molecule has 1 atom stereocenters. The minimum absolute atomic E-state index is 0.354. The van der Waals surface area contributed by atoms with Crippen molar-refractivity contribution < 1.29 is 9.47 Å². The van der Waals surface area contributed by atoms with Crippen LogP contribution in [0.15, 0.2) is 42.5 Å². The second-order valence-electron chi connectivity index (χ2n) is 5.59. The van der Waals surface area contributed by atoms with Crippen LogP contribution in [0.4, 0.5) is 0 Å². The van der Waals surface area contributed by atoms with Crippen molar-refractivity contribution in [3.05, 3.63) is 64.7 Å². The van der Waals surface area contributed by atoms with Crippen LogP contribution >= 0.6 is 0 Å². The summed E-state index contributed by atoms with van der Waals surface area (Å²) in [4.78, 5) is 0. The third-order valence-corrected chi connectivity index (χ3v) is 4.01. The summed E-state index contributed by atoms with van der Waals surface area (Å²) < 4.78 is 10.5. The lowest BCUT2D eigenvalue weighted by Gasteiger charge is -2.12. The predicted molar refractivity (Wildman–Crippen MR) is 92.9 cm³/mol. The lowest BCUT2D eigenvalue weighted by Crippen LogP contribution is -1.94. The van der Waals surface area contributed by atoms with Crippen molar-refractivity contribution in [2.75, 3.05) is 14.2 Å². The van der Waals surface area contributed by atoms with Crippen LogP contribution in [0.25, 0.3) is 6.08 Å². The van der Waals surface area contributed by atoms with E-state index in [2.05, 4.69) is 57.2 Å².